The molecule has 0 spiro atoms. The van der Waals surface area contributed by atoms with Crippen LogP contribution in [0.1, 0.15) is 67.8 Å². The highest BCUT2D eigenvalue weighted by atomic mass is 19.1. The lowest BCUT2D eigenvalue weighted by molar-refractivity contribution is 0.0478. The molecule has 35 heavy (non-hydrogen) atoms. The molecule has 0 radical (unpaired) electrons. The molecule has 6 heteroatoms. The van der Waals surface area contributed by atoms with Gasteiger partial charge in [-0.2, -0.15) is 0 Å². The Morgan fingerprint density at radius 1 is 1.00 bits per heavy atom. The van der Waals surface area contributed by atoms with Crippen LogP contribution in [0.3, 0.4) is 0 Å². The standard InChI is InChI=1S/C29H37FN2O3/c1-2-3-17-34-26-11-12-28-21(18-26)13-16-32(29(28)33)22-7-9-25(10-8-22)35-27-19-23-5-6-24(20-27)31(23)15-4-14-30/h7-12,18,23-24,27H,2-6,13-17,19-20H2,1H3. The molecule has 2 unspecified atom stereocenters. The smallest absolute Gasteiger partial charge is 0.258 e. The number of halogens is 1. The first kappa shape index (κ1) is 24.1. The third-order valence-electron chi connectivity index (χ3n) is 7.77. The number of rotatable bonds is 10. The number of benzene rings is 2. The molecule has 2 fully saturated rings. The molecule has 0 saturated carbocycles. The molecular formula is C29H37FN2O3. The summed E-state index contributed by atoms with van der Waals surface area (Å²) in [4.78, 5) is 17.6. The molecule has 2 aromatic rings. The number of nitrogens with zero attached hydrogens (tertiary/aromatic N) is 2. The number of anilines is 1. The largest absolute Gasteiger partial charge is 0.494 e. The lowest BCUT2D eigenvalue weighted by atomic mass is 9.98. The molecule has 2 bridgehead atoms. The van der Waals surface area contributed by atoms with E-state index in [4.69, 9.17) is 9.47 Å². The van der Waals surface area contributed by atoms with E-state index < -0.39 is 0 Å². The number of ether oxygens (including phenoxy) is 2. The van der Waals surface area contributed by atoms with Crippen molar-refractivity contribution in [1.82, 2.24) is 4.90 Å². The third-order valence-corrected chi connectivity index (χ3v) is 7.77. The van der Waals surface area contributed by atoms with Crippen molar-refractivity contribution in [2.45, 2.75) is 76.5 Å². The summed E-state index contributed by atoms with van der Waals surface area (Å²) in [6, 6.07) is 14.8. The van der Waals surface area contributed by atoms with Gasteiger partial charge in [-0.05, 0) is 93.0 Å². The van der Waals surface area contributed by atoms with Crippen molar-refractivity contribution in [3.63, 3.8) is 0 Å². The van der Waals surface area contributed by atoms with Crippen molar-refractivity contribution < 1.29 is 18.7 Å². The Morgan fingerprint density at radius 3 is 2.46 bits per heavy atom. The summed E-state index contributed by atoms with van der Waals surface area (Å²) in [6.07, 6.45) is 8.20. The van der Waals surface area contributed by atoms with Crippen LogP contribution in [0.5, 0.6) is 11.5 Å². The third kappa shape index (κ3) is 5.32. The maximum atomic E-state index is 13.2. The number of piperidine rings is 1. The first-order valence-electron chi connectivity index (χ1n) is 13.3. The maximum absolute atomic E-state index is 13.2. The number of amides is 1. The van der Waals surface area contributed by atoms with Crippen LogP contribution < -0.4 is 14.4 Å². The second kappa shape index (κ2) is 11.0. The Morgan fingerprint density at radius 2 is 1.74 bits per heavy atom. The van der Waals surface area contributed by atoms with E-state index in [2.05, 4.69) is 11.8 Å². The number of carbonyl (C=O) groups excluding carboxylic acids is 1. The summed E-state index contributed by atoms with van der Waals surface area (Å²) in [7, 11) is 0. The highest BCUT2D eigenvalue weighted by molar-refractivity contribution is 6.08. The van der Waals surface area contributed by atoms with Gasteiger partial charge >= 0.3 is 0 Å². The Kier molecular flexibility index (Phi) is 7.57. The summed E-state index contributed by atoms with van der Waals surface area (Å²) < 4.78 is 24.8. The van der Waals surface area contributed by atoms with Crippen LogP contribution in [-0.2, 0) is 6.42 Å². The van der Waals surface area contributed by atoms with Gasteiger partial charge in [0.05, 0.1) is 13.3 Å². The first-order valence-corrected chi connectivity index (χ1v) is 13.3. The summed E-state index contributed by atoms with van der Waals surface area (Å²) in [5.74, 6) is 1.74. The average Bonchev–Trinajstić information content (AvgIpc) is 3.11. The SMILES string of the molecule is CCCCOc1ccc2c(c1)CCN(c1ccc(OC3CC4CCC(C3)N4CCCF)cc1)C2=O. The van der Waals surface area contributed by atoms with Crippen LogP contribution in [0.4, 0.5) is 10.1 Å². The van der Waals surface area contributed by atoms with Gasteiger partial charge in [0, 0.05) is 36.4 Å². The molecular weight excluding hydrogens is 443 g/mol. The van der Waals surface area contributed by atoms with Crippen LogP contribution in [0.2, 0.25) is 0 Å². The first-order chi connectivity index (χ1) is 17.2. The molecule has 1 amide bonds. The second-order valence-electron chi connectivity index (χ2n) is 10.1. The molecule has 2 aromatic carbocycles. The molecule has 0 aliphatic carbocycles. The number of alkyl halides is 1. The highest BCUT2D eigenvalue weighted by Gasteiger charge is 2.41. The summed E-state index contributed by atoms with van der Waals surface area (Å²) >= 11 is 0. The Bertz CT molecular complexity index is 997. The molecule has 2 atom stereocenters. The lowest BCUT2D eigenvalue weighted by Crippen LogP contribution is -2.46. The van der Waals surface area contributed by atoms with E-state index in [1.54, 1.807) is 0 Å². The number of fused-ring (bicyclic) bond motifs is 3. The van der Waals surface area contributed by atoms with Crippen molar-refractivity contribution in [3.05, 3.63) is 53.6 Å². The van der Waals surface area contributed by atoms with Crippen molar-refractivity contribution in [2.24, 2.45) is 0 Å². The van der Waals surface area contributed by atoms with Gasteiger partial charge in [0.2, 0.25) is 0 Å². The van der Waals surface area contributed by atoms with Gasteiger partial charge in [-0.25, -0.2) is 0 Å². The monoisotopic (exact) mass is 480 g/mol. The molecule has 3 aliphatic heterocycles. The number of hydrogen-bond donors (Lipinski definition) is 0. The van der Waals surface area contributed by atoms with Gasteiger partial charge in [0.1, 0.15) is 17.6 Å². The maximum Gasteiger partial charge on any atom is 0.258 e. The molecule has 188 valence electrons. The quantitative estimate of drug-likeness (QED) is 0.403. The minimum absolute atomic E-state index is 0.0391. The van der Waals surface area contributed by atoms with Gasteiger partial charge in [0.15, 0.2) is 0 Å². The van der Waals surface area contributed by atoms with Crippen molar-refractivity contribution >= 4 is 11.6 Å². The van der Waals surface area contributed by atoms with Gasteiger partial charge < -0.3 is 14.4 Å². The Balaban J connectivity index is 1.19. The second-order valence-corrected chi connectivity index (χ2v) is 10.1. The van der Waals surface area contributed by atoms with E-state index in [1.165, 1.54) is 12.8 Å². The molecule has 0 N–H and O–H groups in total. The Hall–Kier alpha value is -2.60. The zero-order chi connectivity index (χ0) is 24.2. The van der Waals surface area contributed by atoms with Crippen LogP contribution in [0.15, 0.2) is 42.5 Å². The van der Waals surface area contributed by atoms with Gasteiger partial charge in [-0.3, -0.25) is 14.1 Å². The molecule has 3 heterocycles. The van der Waals surface area contributed by atoms with E-state index in [0.717, 1.165) is 67.0 Å². The van der Waals surface area contributed by atoms with Crippen LogP contribution in [0, 0.1) is 0 Å². The predicted molar refractivity (Wildman–Crippen MR) is 136 cm³/mol. The summed E-state index contributed by atoms with van der Waals surface area (Å²) in [5, 5.41) is 0. The van der Waals surface area contributed by atoms with Crippen LogP contribution in [0.25, 0.3) is 0 Å². The topological polar surface area (TPSA) is 42.0 Å². The zero-order valence-corrected chi connectivity index (χ0v) is 20.8. The van der Waals surface area contributed by atoms with Gasteiger partial charge in [0.25, 0.3) is 5.91 Å². The molecule has 3 aliphatic rings. The molecule has 2 saturated heterocycles. The van der Waals surface area contributed by atoms with Gasteiger partial charge in [-0.15, -0.1) is 0 Å². The van der Waals surface area contributed by atoms with Crippen LogP contribution >= 0.6 is 0 Å². The fraction of sp³-hybridized carbons (Fsp3) is 0.552. The van der Waals surface area contributed by atoms with E-state index in [1.807, 2.05) is 47.4 Å². The van der Waals surface area contributed by atoms with Crippen LogP contribution in [-0.4, -0.2) is 55.4 Å². The normalized spacial score (nSPS) is 23.9. The average molecular weight is 481 g/mol. The van der Waals surface area contributed by atoms with E-state index in [-0.39, 0.29) is 18.7 Å². The summed E-state index contributed by atoms with van der Waals surface area (Å²) in [5.41, 5.74) is 2.72. The minimum atomic E-state index is -0.234. The van der Waals surface area contributed by atoms with Crippen molar-refractivity contribution in [3.8, 4) is 11.5 Å². The molecule has 5 nitrogen and oxygen atoms in total. The fourth-order valence-electron chi connectivity index (χ4n) is 5.96. The predicted octanol–water partition coefficient (Wildman–Crippen LogP) is 5.80. The number of carbonyl (C=O) groups is 1. The van der Waals surface area contributed by atoms with Gasteiger partial charge in [-0.1, -0.05) is 13.3 Å². The highest BCUT2D eigenvalue weighted by Crippen LogP contribution is 2.37. The number of unbranched alkanes of at least 4 members (excludes halogenated alkanes) is 1. The van der Waals surface area contributed by atoms with Crippen molar-refractivity contribution in [1.29, 1.82) is 0 Å². The van der Waals surface area contributed by atoms with E-state index >= 15 is 0 Å². The van der Waals surface area contributed by atoms with Crippen molar-refractivity contribution in [2.75, 3.05) is 31.3 Å². The molecule has 0 aromatic heterocycles. The summed E-state index contributed by atoms with van der Waals surface area (Å²) in [6.45, 7) is 4.15. The minimum Gasteiger partial charge on any atom is -0.494 e. The van der Waals surface area contributed by atoms with E-state index in [9.17, 15) is 9.18 Å². The number of hydrogen-bond acceptors (Lipinski definition) is 4. The Labute approximate surface area is 208 Å². The zero-order valence-electron chi connectivity index (χ0n) is 20.8. The fourth-order valence-corrected chi connectivity index (χ4v) is 5.96. The lowest BCUT2D eigenvalue weighted by Gasteiger charge is -2.38. The van der Waals surface area contributed by atoms with E-state index in [0.29, 0.717) is 31.7 Å². The molecule has 5 rings (SSSR count).